The van der Waals surface area contributed by atoms with Crippen molar-refractivity contribution in [1.82, 2.24) is 5.32 Å². The van der Waals surface area contributed by atoms with E-state index < -0.39 is 0 Å². The van der Waals surface area contributed by atoms with Crippen molar-refractivity contribution in [3.63, 3.8) is 0 Å². The van der Waals surface area contributed by atoms with E-state index in [4.69, 9.17) is 11.6 Å². The second-order valence-electron chi connectivity index (χ2n) is 5.84. The fraction of sp³-hybridized carbons (Fsp3) is 0.316. The smallest absolute Gasteiger partial charge is 0.225 e. The Morgan fingerprint density at radius 3 is 2.39 bits per heavy atom. The van der Waals surface area contributed by atoms with Crippen LogP contribution in [-0.2, 0) is 11.3 Å². The molecule has 2 aromatic rings. The molecule has 2 N–H and O–H groups in total. The van der Waals surface area contributed by atoms with Crippen LogP contribution >= 0.6 is 11.6 Å². The van der Waals surface area contributed by atoms with Crippen LogP contribution in [-0.4, -0.2) is 12.5 Å². The number of carbonyl (C=O) groups excluding carboxylic acids is 1. The molecule has 0 aromatic heterocycles. The molecule has 0 unspecified atom stereocenters. The minimum absolute atomic E-state index is 0.0201. The van der Waals surface area contributed by atoms with Crippen molar-refractivity contribution in [1.29, 1.82) is 0 Å². The van der Waals surface area contributed by atoms with E-state index in [0.717, 1.165) is 27.4 Å². The summed E-state index contributed by atoms with van der Waals surface area (Å²) in [6.07, 6.45) is 0.428. The van der Waals surface area contributed by atoms with Gasteiger partial charge in [0.05, 0.1) is 0 Å². The summed E-state index contributed by atoms with van der Waals surface area (Å²) in [6, 6.07) is 11.9. The highest BCUT2D eigenvalue weighted by atomic mass is 35.5. The Morgan fingerprint density at radius 1 is 1.09 bits per heavy atom. The third-order valence-corrected chi connectivity index (χ3v) is 4.11. The summed E-state index contributed by atoms with van der Waals surface area (Å²) in [5, 5.41) is 7.01. The van der Waals surface area contributed by atoms with Crippen LogP contribution in [0.4, 0.5) is 5.69 Å². The molecule has 2 aromatic carbocycles. The molecule has 0 radical (unpaired) electrons. The molecule has 23 heavy (non-hydrogen) atoms. The van der Waals surface area contributed by atoms with Crippen LogP contribution in [0.3, 0.4) is 0 Å². The zero-order valence-electron chi connectivity index (χ0n) is 13.9. The van der Waals surface area contributed by atoms with Crippen LogP contribution in [0.1, 0.15) is 28.7 Å². The van der Waals surface area contributed by atoms with Gasteiger partial charge in [0.1, 0.15) is 0 Å². The number of benzene rings is 2. The number of amides is 1. The highest BCUT2D eigenvalue weighted by Crippen LogP contribution is 2.22. The Morgan fingerprint density at radius 2 is 1.74 bits per heavy atom. The third kappa shape index (κ3) is 5.08. The van der Waals surface area contributed by atoms with E-state index in [1.165, 1.54) is 5.56 Å². The van der Waals surface area contributed by atoms with E-state index in [0.29, 0.717) is 19.5 Å². The van der Waals surface area contributed by atoms with Gasteiger partial charge in [-0.2, -0.15) is 0 Å². The quantitative estimate of drug-likeness (QED) is 0.771. The van der Waals surface area contributed by atoms with E-state index in [9.17, 15) is 4.79 Å². The molecule has 0 fully saturated rings. The van der Waals surface area contributed by atoms with Crippen molar-refractivity contribution < 1.29 is 4.79 Å². The normalized spacial score (nSPS) is 10.6. The first kappa shape index (κ1) is 17.5. The molecule has 0 atom stereocenters. The summed E-state index contributed by atoms with van der Waals surface area (Å²) in [4.78, 5) is 12.1. The lowest BCUT2D eigenvalue weighted by Gasteiger charge is -2.13. The molecule has 122 valence electrons. The molecule has 0 heterocycles. The molecular formula is C19H23ClN2O. The van der Waals surface area contributed by atoms with E-state index >= 15 is 0 Å². The highest BCUT2D eigenvalue weighted by Gasteiger charge is 2.08. The Balaban J connectivity index is 1.81. The number of nitrogens with one attached hydrogen (secondary N) is 2. The summed E-state index contributed by atoms with van der Waals surface area (Å²) in [7, 11) is 0. The number of rotatable bonds is 6. The Hall–Kier alpha value is -1.84. The number of carbonyl (C=O) groups is 1. The Labute approximate surface area is 143 Å². The van der Waals surface area contributed by atoms with Gasteiger partial charge in [0.15, 0.2) is 0 Å². The molecule has 1 amide bonds. The Kier molecular flexibility index (Phi) is 6.20. The van der Waals surface area contributed by atoms with Gasteiger partial charge >= 0.3 is 0 Å². The van der Waals surface area contributed by atoms with E-state index in [1.807, 2.05) is 38.1 Å². The van der Waals surface area contributed by atoms with Gasteiger partial charge in [-0.05, 0) is 43.5 Å². The van der Waals surface area contributed by atoms with Crippen LogP contribution in [0.5, 0.6) is 0 Å². The standard InChI is InChI=1S/C19H23ClN2O/c1-13-10-14(2)19(15(3)11-13)22-18(23)8-9-21-12-16-6-4-5-7-17(16)20/h4-7,10-11,21H,8-9,12H2,1-3H3,(H,22,23). The van der Waals surface area contributed by atoms with Crippen LogP contribution in [0.25, 0.3) is 0 Å². The lowest BCUT2D eigenvalue weighted by atomic mass is 10.1. The monoisotopic (exact) mass is 330 g/mol. The van der Waals surface area contributed by atoms with Crippen molar-refractivity contribution in [2.75, 3.05) is 11.9 Å². The van der Waals surface area contributed by atoms with Gasteiger partial charge in [0.25, 0.3) is 0 Å². The fourth-order valence-electron chi connectivity index (χ4n) is 2.65. The largest absolute Gasteiger partial charge is 0.326 e. The number of hydrogen-bond donors (Lipinski definition) is 2. The molecule has 0 spiro atoms. The predicted molar refractivity (Wildman–Crippen MR) is 97.1 cm³/mol. The first-order valence-electron chi connectivity index (χ1n) is 7.79. The molecule has 2 rings (SSSR count). The summed E-state index contributed by atoms with van der Waals surface area (Å²) >= 11 is 6.10. The molecule has 0 aliphatic carbocycles. The van der Waals surface area contributed by atoms with E-state index in [2.05, 4.69) is 29.7 Å². The van der Waals surface area contributed by atoms with Crippen molar-refractivity contribution in [3.8, 4) is 0 Å². The van der Waals surface area contributed by atoms with Gasteiger partial charge in [0, 0.05) is 30.2 Å². The third-order valence-electron chi connectivity index (χ3n) is 3.74. The SMILES string of the molecule is Cc1cc(C)c(NC(=O)CCNCc2ccccc2Cl)c(C)c1. The molecule has 0 bridgehead atoms. The minimum atomic E-state index is 0.0201. The Bertz CT molecular complexity index is 675. The van der Waals surface area contributed by atoms with Crippen LogP contribution in [0, 0.1) is 20.8 Å². The van der Waals surface area contributed by atoms with Gasteiger partial charge in [0.2, 0.25) is 5.91 Å². The van der Waals surface area contributed by atoms with Crippen LogP contribution < -0.4 is 10.6 Å². The summed E-state index contributed by atoms with van der Waals surface area (Å²) in [5.41, 5.74) is 5.37. The maximum absolute atomic E-state index is 12.1. The van der Waals surface area contributed by atoms with Gasteiger partial charge in [-0.3, -0.25) is 4.79 Å². The average molecular weight is 331 g/mol. The van der Waals surface area contributed by atoms with Gasteiger partial charge in [-0.15, -0.1) is 0 Å². The first-order chi connectivity index (χ1) is 11.0. The summed E-state index contributed by atoms with van der Waals surface area (Å²) in [6.45, 7) is 7.37. The van der Waals surface area contributed by atoms with Gasteiger partial charge < -0.3 is 10.6 Å². The number of halogens is 1. The summed E-state index contributed by atoms with van der Waals surface area (Å²) < 4.78 is 0. The maximum atomic E-state index is 12.1. The van der Waals surface area contributed by atoms with Crippen molar-refractivity contribution in [2.45, 2.75) is 33.7 Å². The predicted octanol–water partition coefficient (Wildman–Crippen LogP) is 4.38. The van der Waals surface area contributed by atoms with Gasteiger partial charge in [-0.1, -0.05) is 47.5 Å². The number of hydrogen-bond acceptors (Lipinski definition) is 2. The van der Waals surface area contributed by atoms with Crippen LogP contribution in [0.15, 0.2) is 36.4 Å². The van der Waals surface area contributed by atoms with Crippen molar-refractivity contribution >= 4 is 23.2 Å². The highest BCUT2D eigenvalue weighted by molar-refractivity contribution is 6.31. The molecule has 0 saturated heterocycles. The molecular weight excluding hydrogens is 308 g/mol. The van der Waals surface area contributed by atoms with E-state index in [-0.39, 0.29) is 5.91 Å². The second kappa shape index (κ2) is 8.14. The van der Waals surface area contributed by atoms with Crippen molar-refractivity contribution in [3.05, 3.63) is 63.7 Å². The lowest BCUT2D eigenvalue weighted by Crippen LogP contribution is -2.22. The maximum Gasteiger partial charge on any atom is 0.225 e. The minimum Gasteiger partial charge on any atom is -0.326 e. The molecule has 4 heteroatoms. The van der Waals surface area contributed by atoms with E-state index in [1.54, 1.807) is 0 Å². The fourth-order valence-corrected chi connectivity index (χ4v) is 2.85. The number of aryl methyl sites for hydroxylation is 3. The molecule has 0 saturated carbocycles. The lowest BCUT2D eigenvalue weighted by molar-refractivity contribution is -0.116. The van der Waals surface area contributed by atoms with Gasteiger partial charge in [-0.25, -0.2) is 0 Å². The van der Waals surface area contributed by atoms with Crippen molar-refractivity contribution in [2.24, 2.45) is 0 Å². The molecule has 3 nitrogen and oxygen atoms in total. The first-order valence-corrected chi connectivity index (χ1v) is 8.17. The molecule has 0 aliphatic rings. The summed E-state index contributed by atoms with van der Waals surface area (Å²) in [5.74, 6) is 0.0201. The second-order valence-corrected chi connectivity index (χ2v) is 6.25. The molecule has 0 aliphatic heterocycles. The van der Waals surface area contributed by atoms with Crippen LogP contribution in [0.2, 0.25) is 5.02 Å². The average Bonchev–Trinajstić information content (AvgIpc) is 2.49. The number of anilines is 1. The topological polar surface area (TPSA) is 41.1 Å². The zero-order valence-corrected chi connectivity index (χ0v) is 14.6. The zero-order chi connectivity index (χ0) is 16.8.